The minimum Gasteiger partial charge on any atom is -0.469 e. The van der Waals surface area contributed by atoms with Gasteiger partial charge in [-0.3, -0.25) is 9.79 Å². The summed E-state index contributed by atoms with van der Waals surface area (Å²) in [4.78, 5) is 15.6. The Labute approximate surface area is 127 Å². The second-order valence-corrected chi connectivity index (χ2v) is 4.42. The molecule has 0 aromatic rings. The molecular weight excluding hydrogens is 345 g/mol. The fourth-order valence-electron chi connectivity index (χ4n) is 1.15. The van der Waals surface area contributed by atoms with Crippen LogP contribution in [0.15, 0.2) is 4.99 Å². The Balaban J connectivity index is 0. The molecule has 108 valence electrons. The molecule has 0 amide bonds. The number of methoxy groups -OCH3 is 1. The van der Waals surface area contributed by atoms with Crippen molar-refractivity contribution in [2.24, 2.45) is 16.8 Å². The van der Waals surface area contributed by atoms with Crippen LogP contribution in [0.2, 0.25) is 0 Å². The Kier molecular flexibility index (Phi) is 12.7. The SMILES string of the molecule is CCNC(=NCC(C)C)NCC(C)C(=O)OC.I. The number of ether oxygens (including phenoxy) is 1. The van der Waals surface area contributed by atoms with Crippen LogP contribution in [0.1, 0.15) is 27.7 Å². The highest BCUT2D eigenvalue weighted by atomic mass is 127. The van der Waals surface area contributed by atoms with E-state index in [1.165, 1.54) is 7.11 Å². The van der Waals surface area contributed by atoms with Crippen LogP contribution in [-0.4, -0.2) is 38.7 Å². The van der Waals surface area contributed by atoms with E-state index in [0.717, 1.165) is 19.0 Å². The van der Waals surface area contributed by atoms with Crippen molar-refractivity contribution in [3.63, 3.8) is 0 Å². The van der Waals surface area contributed by atoms with E-state index in [0.29, 0.717) is 12.5 Å². The summed E-state index contributed by atoms with van der Waals surface area (Å²) in [6.45, 7) is 10.2. The van der Waals surface area contributed by atoms with E-state index in [1.807, 2.05) is 13.8 Å². The molecule has 0 aliphatic carbocycles. The number of carbonyl (C=O) groups is 1. The fraction of sp³-hybridized carbons (Fsp3) is 0.833. The first-order valence-corrected chi connectivity index (χ1v) is 6.11. The Morgan fingerprint density at radius 3 is 2.33 bits per heavy atom. The van der Waals surface area contributed by atoms with Crippen LogP contribution < -0.4 is 10.6 Å². The van der Waals surface area contributed by atoms with Gasteiger partial charge < -0.3 is 15.4 Å². The Morgan fingerprint density at radius 2 is 1.89 bits per heavy atom. The molecule has 0 spiro atoms. The zero-order valence-electron chi connectivity index (χ0n) is 11.9. The molecule has 6 heteroatoms. The van der Waals surface area contributed by atoms with Crippen molar-refractivity contribution in [3.8, 4) is 0 Å². The first-order chi connectivity index (χ1) is 8.01. The zero-order chi connectivity index (χ0) is 13.3. The first-order valence-electron chi connectivity index (χ1n) is 6.11. The van der Waals surface area contributed by atoms with Crippen molar-refractivity contribution in [2.75, 3.05) is 26.7 Å². The molecule has 1 unspecified atom stereocenters. The van der Waals surface area contributed by atoms with Gasteiger partial charge in [-0.1, -0.05) is 20.8 Å². The Bertz CT molecular complexity index is 258. The molecule has 18 heavy (non-hydrogen) atoms. The lowest BCUT2D eigenvalue weighted by atomic mass is 10.2. The minimum absolute atomic E-state index is 0. The van der Waals surface area contributed by atoms with Crippen LogP contribution in [0.5, 0.6) is 0 Å². The maximum absolute atomic E-state index is 11.2. The van der Waals surface area contributed by atoms with Crippen LogP contribution in [0.25, 0.3) is 0 Å². The van der Waals surface area contributed by atoms with Gasteiger partial charge in [0.1, 0.15) is 0 Å². The number of carbonyl (C=O) groups excluding carboxylic acids is 1. The molecule has 0 bridgehead atoms. The number of esters is 1. The number of rotatable bonds is 6. The smallest absolute Gasteiger partial charge is 0.310 e. The van der Waals surface area contributed by atoms with Gasteiger partial charge in [-0.15, -0.1) is 24.0 Å². The molecule has 0 aromatic carbocycles. The molecular formula is C12H26IN3O2. The molecule has 0 aliphatic rings. The maximum Gasteiger partial charge on any atom is 0.310 e. The topological polar surface area (TPSA) is 62.7 Å². The van der Waals surface area contributed by atoms with Gasteiger partial charge in [0.05, 0.1) is 13.0 Å². The lowest BCUT2D eigenvalue weighted by Crippen LogP contribution is -2.41. The molecule has 0 heterocycles. The average molecular weight is 371 g/mol. The van der Waals surface area contributed by atoms with Crippen molar-refractivity contribution < 1.29 is 9.53 Å². The molecule has 0 saturated carbocycles. The number of halogens is 1. The Hall–Kier alpha value is -0.530. The average Bonchev–Trinajstić information content (AvgIpc) is 2.31. The largest absolute Gasteiger partial charge is 0.469 e. The van der Waals surface area contributed by atoms with E-state index in [1.54, 1.807) is 0 Å². The molecule has 0 fully saturated rings. The third kappa shape index (κ3) is 9.49. The van der Waals surface area contributed by atoms with E-state index in [2.05, 4.69) is 34.2 Å². The molecule has 5 nitrogen and oxygen atoms in total. The molecule has 0 aromatic heterocycles. The van der Waals surface area contributed by atoms with Crippen molar-refractivity contribution in [2.45, 2.75) is 27.7 Å². The second-order valence-electron chi connectivity index (χ2n) is 4.42. The fourth-order valence-corrected chi connectivity index (χ4v) is 1.15. The van der Waals surface area contributed by atoms with E-state index in [9.17, 15) is 4.79 Å². The predicted octanol–water partition coefficient (Wildman–Crippen LogP) is 1.62. The molecule has 0 saturated heterocycles. The molecule has 2 N–H and O–H groups in total. The molecule has 0 aliphatic heterocycles. The standard InChI is InChI=1S/C12H25N3O2.HI/c1-6-13-12(14-7-9(2)3)15-8-10(4)11(16)17-5;/h9-10H,6-8H2,1-5H3,(H2,13,14,15);1H. The highest BCUT2D eigenvalue weighted by Crippen LogP contribution is 1.96. The van der Waals surface area contributed by atoms with Gasteiger partial charge in [0.25, 0.3) is 0 Å². The van der Waals surface area contributed by atoms with E-state index >= 15 is 0 Å². The predicted molar refractivity (Wildman–Crippen MR) is 85.4 cm³/mol. The number of hydrogen-bond donors (Lipinski definition) is 2. The van der Waals surface area contributed by atoms with Gasteiger partial charge in [-0.05, 0) is 12.8 Å². The van der Waals surface area contributed by atoms with Crippen molar-refractivity contribution in [3.05, 3.63) is 0 Å². The van der Waals surface area contributed by atoms with Gasteiger partial charge >= 0.3 is 5.97 Å². The summed E-state index contributed by atoms with van der Waals surface area (Å²) in [5.41, 5.74) is 0. The maximum atomic E-state index is 11.2. The van der Waals surface area contributed by atoms with Crippen LogP contribution in [0.4, 0.5) is 0 Å². The van der Waals surface area contributed by atoms with Gasteiger partial charge in [0.15, 0.2) is 5.96 Å². The number of guanidine groups is 1. The van der Waals surface area contributed by atoms with Crippen LogP contribution in [-0.2, 0) is 9.53 Å². The van der Waals surface area contributed by atoms with Crippen LogP contribution >= 0.6 is 24.0 Å². The van der Waals surface area contributed by atoms with E-state index < -0.39 is 0 Å². The Morgan fingerprint density at radius 1 is 1.28 bits per heavy atom. The summed E-state index contributed by atoms with van der Waals surface area (Å²) in [6.07, 6.45) is 0. The number of aliphatic imine (C=N–C) groups is 1. The lowest BCUT2D eigenvalue weighted by Gasteiger charge is -2.14. The number of nitrogens with zero attached hydrogens (tertiary/aromatic N) is 1. The van der Waals surface area contributed by atoms with Gasteiger partial charge in [0, 0.05) is 19.6 Å². The highest BCUT2D eigenvalue weighted by Gasteiger charge is 2.13. The zero-order valence-corrected chi connectivity index (χ0v) is 14.3. The second kappa shape index (κ2) is 11.6. The van der Waals surface area contributed by atoms with Gasteiger partial charge in [-0.25, -0.2) is 0 Å². The van der Waals surface area contributed by atoms with E-state index in [-0.39, 0.29) is 35.9 Å². The molecule has 0 radical (unpaired) electrons. The summed E-state index contributed by atoms with van der Waals surface area (Å²) in [6, 6.07) is 0. The van der Waals surface area contributed by atoms with Gasteiger partial charge in [0.2, 0.25) is 0 Å². The summed E-state index contributed by atoms with van der Waals surface area (Å²) < 4.78 is 4.66. The third-order valence-electron chi connectivity index (χ3n) is 2.14. The summed E-state index contributed by atoms with van der Waals surface area (Å²) in [5.74, 6) is 0.876. The van der Waals surface area contributed by atoms with E-state index in [4.69, 9.17) is 0 Å². The third-order valence-corrected chi connectivity index (χ3v) is 2.14. The van der Waals surface area contributed by atoms with Crippen molar-refractivity contribution >= 4 is 35.9 Å². The molecule has 0 rings (SSSR count). The minimum atomic E-state index is -0.211. The molecule has 1 atom stereocenters. The monoisotopic (exact) mass is 371 g/mol. The highest BCUT2D eigenvalue weighted by molar-refractivity contribution is 14.0. The van der Waals surface area contributed by atoms with Crippen LogP contribution in [0, 0.1) is 11.8 Å². The van der Waals surface area contributed by atoms with Crippen molar-refractivity contribution in [1.29, 1.82) is 0 Å². The quantitative estimate of drug-likeness (QED) is 0.323. The number of nitrogens with one attached hydrogen (secondary N) is 2. The summed E-state index contributed by atoms with van der Waals surface area (Å²) in [5, 5.41) is 6.27. The summed E-state index contributed by atoms with van der Waals surface area (Å²) in [7, 11) is 1.40. The van der Waals surface area contributed by atoms with Crippen LogP contribution in [0.3, 0.4) is 0 Å². The lowest BCUT2D eigenvalue weighted by molar-refractivity contribution is -0.144. The normalized spacial score (nSPS) is 12.7. The number of hydrogen-bond acceptors (Lipinski definition) is 3. The van der Waals surface area contributed by atoms with Crippen molar-refractivity contribution in [1.82, 2.24) is 10.6 Å². The van der Waals surface area contributed by atoms with Gasteiger partial charge in [-0.2, -0.15) is 0 Å². The summed E-state index contributed by atoms with van der Waals surface area (Å²) >= 11 is 0. The first kappa shape index (κ1) is 19.8.